The van der Waals surface area contributed by atoms with Gasteiger partial charge in [0.05, 0.1) is 19.9 Å². The molecule has 0 spiro atoms. The fourth-order valence-corrected chi connectivity index (χ4v) is 4.27. The van der Waals surface area contributed by atoms with Crippen LogP contribution in [0.15, 0.2) is 60.7 Å². The standard InChI is InChI=1S/C24H19F3N2O4S/c1-33-16-9-10-21-18(12-16)22(17-5-3-4-6-19(17)26)23(24(30)28-34(2,31)32)29(21)13-14-7-8-15(25)11-20(14)27/h3-12H,13H2,1-2H3,(H,28,30). The van der Waals surface area contributed by atoms with E-state index in [0.717, 1.165) is 12.3 Å². The normalized spacial score (nSPS) is 11.6. The van der Waals surface area contributed by atoms with E-state index in [-0.39, 0.29) is 28.9 Å². The third-order valence-electron chi connectivity index (χ3n) is 5.25. The molecule has 1 aromatic heterocycles. The summed E-state index contributed by atoms with van der Waals surface area (Å²) >= 11 is 0. The average molecular weight is 488 g/mol. The minimum atomic E-state index is -3.99. The van der Waals surface area contributed by atoms with Crippen LogP contribution in [0, 0.1) is 17.5 Å². The number of sulfonamides is 1. The number of benzene rings is 3. The van der Waals surface area contributed by atoms with Crippen molar-refractivity contribution in [3.05, 3.63) is 89.4 Å². The second-order valence-corrected chi connectivity index (χ2v) is 9.36. The number of nitrogens with zero attached hydrogens (tertiary/aromatic N) is 1. The van der Waals surface area contributed by atoms with Gasteiger partial charge in [-0.1, -0.05) is 24.3 Å². The molecule has 1 heterocycles. The largest absolute Gasteiger partial charge is 0.497 e. The van der Waals surface area contributed by atoms with E-state index >= 15 is 0 Å². The summed E-state index contributed by atoms with van der Waals surface area (Å²) in [6.07, 6.45) is 0.809. The minimum absolute atomic E-state index is 0.0396. The van der Waals surface area contributed by atoms with Gasteiger partial charge >= 0.3 is 0 Å². The van der Waals surface area contributed by atoms with Crippen molar-refractivity contribution in [2.24, 2.45) is 0 Å². The van der Waals surface area contributed by atoms with Gasteiger partial charge in [-0.2, -0.15) is 0 Å². The van der Waals surface area contributed by atoms with Crippen molar-refractivity contribution in [1.29, 1.82) is 0 Å². The number of halogens is 3. The summed E-state index contributed by atoms with van der Waals surface area (Å²) in [5, 5.41) is 0.380. The quantitative estimate of drug-likeness (QED) is 0.435. The maximum Gasteiger partial charge on any atom is 0.282 e. The summed E-state index contributed by atoms with van der Waals surface area (Å²) in [5.74, 6) is -2.89. The van der Waals surface area contributed by atoms with Crippen LogP contribution in [0.25, 0.3) is 22.0 Å². The van der Waals surface area contributed by atoms with E-state index in [9.17, 15) is 26.4 Å². The summed E-state index contributed by atoms with van der Waals surface area (Å²) in [5.41, 5.74) is 0.375. The highest BCUT2D eigenvalue weighted by Gasteiger charge is 2.28. The van der Waals surface area contributed by atoms with Gasteiger partial charge < -0.3 is 9.30 Å². The molecule has 0 bridgehead atoms. The van der Waals surface area contributed by atoms with Crippen molar-refractivity contribution in [3.63, 3.8) is 0 Å². The zero-order chi connectivity index (χ0) is 24.6. The third-order valence-corrected chi connectivity index (χ3v) is 5.81. The molecule has 0 saturated carbocycles. The van der Waals surface area contributed by atoms with Crippen LogP contribution in [0.2, 0.25) is 0 Å². The molecule has 0 fully saturated rings. The monoisotopic (exact) mass is 488 g/mol. The SMILES string of the molecule is COc1ccc2c(c1)c(-c1ccccc1F)c(C(=O)NS(C)(=O)=O)n2Cc1ccc(F)cc1F. The number of rotatable bonds is 6. The number of hydrogen-bond donors (Lipinski definition) is 1. The van der Waals surface area contributed by atoms with Crippen molar-refractivity contribution in [3.8, 4) is 16.9 Å². The second kappa shape index (κ2) is 8.86. The van der Waals surface area contributed by atoms with Crippen molar-refractivity contribution in [2.45, 2.75) is 6.54 Å². The Kier molecular flexibility index (Phi) is 6.09. The van der Waals surface area contributed by atoms with Crippen LogP contribution in [0.4, 0.5) is 13.2 Å². The van der Waals surface area contributed by atoms with Gasteiger partial charge in [0.2, 0.25) is 10.0 Å². The maximum atomic E-state index is 14.9. The van der Waals surface area contributed by atoms with Gasteiger partial charge in [-0.05, 0) is 30.3 Å². The Morgan fingerprint density at radius 3 is 2.38 bits per heavy atom. The summed E-state index contributed by atoms with van der Waals surface area (Å²) in [7, 11) is -2.55. The van der Waals surface area contributed by atoms with Crippen LogP contribution in [-0.4, -0.2) is 32.3 Å². The molecule has 1 amide bonds. The van der Waals surface area contributed by atoms with E-state index in [0.29, 0.717) is 22.7 Å². The topological polar surface area (TPSA) is 77.4 Å². The van der Waals surface area contributed by atoms with E-state index in [1.54, 1.807) is 24.3 Å². The molecule has 0 aliphatic carbocycles. The lowest BCUT2D eigenvalue weighted by Gasteiger charge is -2.13. The van der Waals surface area contributed by atoms with Gasteiger partial charge in [0, 0.05) is 33.7 Å². The smallest absolute Gasteiger partial charge is 0.282 e. The number of carbonyl (C=O) groups excluding carboxylic acids is 1. The number of amides is 1. The Bertz CT molecular complexity index is 1530. The molecule has 1 N–H and O–H groups in total. The molecule has 4 aromatic rings. The van der Waals surface area contributed by atoms with Gasteiger partial charge in [0.15, 0.2) is 0 Å². The first kappa shape index (κ1) is 23.4. The van der Waals surface area contributed by atoms with Gasteiger partial charge in [0.25, 0.3) is 5.91 Å². The lowest BCUT2D eigenvalue weighted by molar-refractivity contribution is 0.0974. The Morgan fingerprint density at radius 2 is 1.74 bits per heavy atom. The van der Waals surface area contributed by atoms with Gasteiger partial charge in [0.1, 0.15) is 28.9 Å². The van der Waals surface area contributed by atoms with Gasteiger partial charge in [-0.25, -0.2) is 26.3 Å². The molecule has 0 aliphatic rings. The highest BCUT2D eigenvalue weighted by atomic mass is 32.2. The summed E-state index contributed by atoms with van der Waals surface area (Å²) in [4.78, 5) is 13.2. The molecule has 0 unspecified atom stereocenters. The van der Waals surface area contributed by atoms with Crippen LogP contribution < -0.4 is 9.46 Å². The van der Waals surface area contributed by atoms with Crippen LogP contribution in [0.5, 0.6) is 5.75 Å². The highest BCUT2D eigenvalue weighted by molar-refractivity contribution is 7.89. The number of aromatic nitrogens is 1. The molecular weight excluding hydrogens is 469 g/mol. The zero-order valence-electron chi connectivity index (χ0n) is 18.1. The number of nitrogens with one attached hydrogen (secondary N) is 1. The minimum Gasteiger partial charge on any atom is -0.497 e. The first-order valence-corrected chi connectivity index (χ1v) is 11.9. The van der Waals surface area contributed by atoms with Crippen LogP contribution >= 0.6 is 0 Å². The predicted molar refractivity (Wildman–Crippen MR) is 122 cm³/mol. The van der Waals surface area contributed by atoms with Crippen molar-refractivity contribution in [1.82, 2.24) is 9.29 Å². The number of fused-ring (bicyclic) bond motifs is 1. The van der Waals surface area contributed by atoms with E-state index in [1.165, 1.54) is 35.9 Å². The molecule has 0 radical (unpaired) electrons. The predicted octanol–water partition coefficient (Wildman–Crippen LogP) is 4.47. The van der Waals surface area contributed by atoms with Crippen LogP contribution in [-0.2, 0) is 16.6 Å². The van der Waals surface area contributed by atoms with E-state index < -0.39 is 33.4 Å². The fraction of sp³-hybridized carbons (Fsp3) is 0.125. The summed E-state index contributed by atoms with van der Waals surface area (Å²) < 4.78 is 75.2. The van der Waals surface area contributed by atoms with E-state index in [1.807, 2.05) is 4.72 Å². The maximum absolute atomic E-state index is 14.9. The number of carbonyl (C=O) groups is 1. The molecule has 4 rings (SSSR count). The summed E-state index contributed by atoms with van der Waals surface area (Å²) in [6.45, 7) is -0.254. The Labute approximate surface area is 193 Å². The first-order chi connectivity index (χ1) is 16.1. The number of ether oxygens (including phenoxy) is 1. The Hall–Kier alpha value is -3.79. The molecule has 0 aliphatic heterocycles. The molecular formula is C24H19F3N2O4S. The Balaban J connectivity index is 2.09. The highest BCUT2D eigenvalue weighted by Crippen LogP contribution is 2.39. The van der Waals surface area contributed by atoms with Gasteiger partial charge in [-0.15, -0.1) is 0 Å². The van der Waals surface area contributed by atoms with Crippen molar-refractivity contribution >= 4 is 26.8 Å². The van der Waals surface area contributed by atoms with Crippen molar-refractivity contribution in [2.75, 3.05) is 13.4 Å². The third kappa shape index (κ3) is 4.49. The zero-order valence-corrected chi connectivity index (χ0v) is 18.9. The summed E-state index contributed by atoms with van der Waals surface area (Å²) in [6, 6.07) is 13.5. The van der Waals surface area contributed by atoms with E-state index in [4.69, 9.17) is 4.74 Å². The van der Waals surface area contributed by atoms with Crippen LogP contribution in [0.3, 0.4) is 0 Å². The van der Waals surface area contributed by atoms with E-state index in [2.05, 4.69) is 0 Å². The average Bonchev–Trinajstić information content (AvgIpc) is 3.08. The second-order valence-electron chi connectivity index (χ2n) is 7.61. The molecule has 10 heteroatoms. The molecule has 176 valence electrons. The fourth-order valence-electron chi connectivity index (χ4n) is 3.83. The molecule has 3 aromatic carbocycles. The van der Waals surface area contributed by atoms with Crippen LogP contribution in [0.1, 0.15) is 16.1 Å². The molecule has 6 nitrogen and oxygen atoms in total. The Morgan fingerprint density at radius 1 is 1.00 bits per heavy atom. The van der Waals surface area contributed by atoms with Crippen molar-refractivity contribution < 1.29 is 31.1 Å². The lowest BCUT2D eigenvalue weighted by atomic mass is 10.0. The number of hydrogen-bond acceptors (Lipinski definition) is 4. The van der Waals surface area contributed by atoms with Gasteiger partial charge in [-0.3, -0.25) is 4.79 Å². The molecule has 34 heavy (non-hydrogen) atoms. The number of methoxy groups -OCH3 is 1. The lowest BCUT2D eigenvalue weighted by Crippen LogP contribution is -2.31. The molecule has 0 saturated heterocycles. The molecule has 0 atom stereocenters. The first-order valence-electron chi connectivity index (χ1n) is 10.00.